The van der Waals surface area contributed by atoms with Crippen LogP contribution in [0, 0.1) is 17.2 Å². The van der Waals surface area contributed by atoms with Crippen LogP contribution in [0.25, 0.3) is 0 Å². The van der Waals surface area contributed by atoms with Crippen molar-refractivity contribution in [3.05, 3.63) is 54.2 Å². The third-order valence-electron chi connectivity index (χ3n) is 5.34. The summed E-state index contributed by atoms with van der Waals surface area (Å²) in [6, 6.07) is 15.1. The fraction of sp³-hybridized carbons (Fsp3) is 0.333. The molecule has 2 fully saturated rings. The van der Waals surface area contributed by atoms with Crippen LogP contribution in [0.15, 0.2) is 48.7 Å². The van der Waals surface area contributed by atoms with Crippen LogP contribution >= 0.6 is 0 Å². The number of hydrogen-bond acceptors (Lipinski definition) is 5. The van der Waals surface area contributed by atoms with E-state index in [4.69, 9.17) is 0 Å². The van der Waals surface area contributed by atoms with Crippen molar-refractivity contribution in [3.8, 4) is 6.07 Å². The maximum absolute atomic E-state index is 12.9. The van der Waals surface area contributed by atoms with Crippen LogP contribution in [0.2, 0.25) is 0 Å². The molecule has 0 N–H and O–H groups in total. The average molecular weight is 375 g/mol. The summed E-state index contributed by atoms with van der Waals surface area (Å²) < 4.78 is 0. The molecule has 2 amide bonds. The molecule has 7 heteroatoms. The van der Waals surface area contributed by atoms with E-state index in [1.54, 1.807) is 23.2 Å². The first-order valence-electron chi connectivity index (χ1n) is 9.41. The molecule has 4 rings (SSSR count). The third-order valence-corrected chi connectivity index (χ3v) is 5.34. The normalized spacial score (nSPS) is 19.6. The first kappa shape index (κ1) is 18.0. The van der Waals surface area contributed by atoms with E-state index in [0.717, 1.165) is 5.69 Å². The van der Waals surface area contributed by atoms with Crippen LogP contribution in [0.5, 0.6) is 0 Å². The number of hydrogen-bond donors (Lipinski definition) is 0. The number of pyridine rings is 1. The maximum Gasteiger partial charge on any atom is 0.228 e. The predicted octanol–water partition coefficient (Wildman–Crippen LogP) is 1.65. The Morgan fingerprint density at radius 2 is 1.82 bits per heavy atom. The third kappa shape index (κ3) is 3.41. The second-order valence-electron chi connectivity index (χ2n) is 7.04. The molecule has 2 aliphatic rings. The highest BCUT2D eigenvalue weighted by atomic mass is 16.2. The summed E-state index contributed by atoms with van der Waals surface area (Å²) >= 11 is 0. The van der Waals surface area contributed by atoms with Gasteiger partial charge in [0.15, 0.2) is 0 Å². The quantitative estimate of drug-likeness (QED) is 0.815. The number of carbonyl (C=O) groups is 2. The molecule has 28 heavy (non-hydrogen) atoms. The highest BCUT2D eigenvalue weighted by Gasteiger charge is 2.38. The zero-order valence-corrected chi connectivity index (χ0v) is 15.5. The van der Waals surface area contributed by atoms with Crippen molar-refractivity contribution in [1.82, 2.24) is 9.88 Å². The van der Waals surface area contributed by atoms with E-state index in [2.05, 4.69) is 11.1 Å². The molecule has 3 heterocycles. The number of anilines is 2. The van der Waals surface area contributed by atoms with Gasteiger partial charge in [-0.05, 0) is 24.3 Å². The van der Waals surface area contributed by atoms with Gasteiger partial charge in [-0.25, -0.2) is 4.98 Å². The van der Waals surface area contributed by atoms with Crippen LogP contribution in [-0.4, -0.2) is 54.4 Å². The summed E-state index contributed by atoms with van der Waals surface area (Å²) in [4.78, 5) is 35.2. The van der Waals surface area contributed by atoms with Gasteiger partial charge in [-0.3, -0.25) is 9.59 Å². The SMILES string of the molecule is N#Cc1cccnc1N1CCN(C(=O)C2CC(=O)N(c3ccccc3)C2)CC1. The first-order valence-corrected chi connectivity index (χ1v) is 9.41. The van der Waals surface area contributed by atoms with E-state index in [1.807, 2.05) is 40.1 Å². The molecule has 0 aliphatic carbocycles. The van der Waals surface area contributed by atoms with Gasteiger partial charge in [-0.2, -0.15) is 5.26 Å². The number of carbonyl (C=O) groups excluding carboxylic acids is 2. The molecule has 0 bridgehead atoms. The van der Waals surface area contributed by atoms with Crippen molar-refractivity contribution in [1.29, 1.82) is 5.26 Å². The summed E-state index contributed by atoms with van der Waals surface area (Å²) in [5.74, 6) is 0.399. The number of nitrogens with zero attached hydrogens (tertiary/aromatic N) is 5. The van der Waals surface area contributed by atoms with Gasteiger partial charge in [0, 0.05) is 51.0 Å². The van der Waals surface area contributed by atoms with Crippen LogP contribution in [0.4, 0.5) is 11.5 Å². The molecule has 0 saturated carbocycles. The molecule has 2 saturated heterocycles. The number of aromatic nitrogens is 1. The second-order valence-corrected chi connectivity index (χ2v) is 7.04. The Morgan fingerprint density at radius 3 is 2.54 bits per heavy atom. The van der Waals surface area contributed by atoms with Crippen LogP contribution in [0.3, 0.4) is 0 Å². The second kappa shape index (κ2) is 7.69. The zero-order valence-electron chi connectivity index (χ0n) is 15.5. The molecule has 1 aromatic carbocycles. The van der Waals surface area contributed by atoms with Gasteiger partial charge in [-0.15, -0.1) is 0 Å². The Kier molecular flexibility index (Phi) is 4.94. The molecule has 2 aromatic rings. The zero-order chi connectivity index (χ0) is 19.5. The fourth-order valence-corrected chi connectivity index (χ4v) is 3.86. The van der Waals surface area contributed by atoms with E-state index >= 15 is 0 Å². The summed E-state index contributed by atoms with van der Waals surface area (Å²) in [6.07, 6.45) is 1.93. The molecule has 142 valence electrons. The van der Waals surface area contributed by atoms with E-state index in [-0.39, 0.29) is 24.2 Å². The largest absolute Gasteiger partial charge is 0.352 e. The lowest BCUT2D eigenvalue weighted by atomic mass is 10.1. The summed E-state index contributed by atoms with van der Waals surface area (Å²) in [5, 5.41) is 9.26. The molecule has 2 aliphatic heterocycles. The van der Waals surface area contributed by atoms with E-state index in [9.17, 15) is 14.9 Å². The summed E-state index contributed by atoms with van der Waals surface area (Å²) in [6.45, 7) is 2.81. The molecule has 0 radical (unpaired) electrons. The maximum atomic E-state index is 12.9. The Morgan fingerprint density at radius 1 is 1.07 bits per heavy atom. The summed E-state index contributed by atoms with van der Waals surface area (Å²) in [5.41, 5.74) is 1.38. The molecule has 1 unspecified atom stereocenters. The fourth-order valence-electron chi connectivity index (χ4n) is 3.86. The van der Waals surface area contributed by atoms with Crippen molar-refractivity contribution in [2.75, 3.05) is 42.5 Å². The first-order chi connectivity index (χ1) is 13.7. The average Bonchev–Trinajstić information content (AvgIpc) is 3.15. The smallest absolute Gasteiger partial charge is 0.228 e. The van der Waals surface area contributed by atoms with Crippen molar-refractivity contribution >= 4 is 23.3 Å². The lowest BCUT2D eigenvalue weighted by Crippen LogP contribution is -2.51. The molecular formula is C21H21N5O2. The van der Waals surface area contributed by atoms with E-state index in [1.165, 1.54) is 0 Å². The molecule has 0 spiro atoms. The van der Waals surface area contributed by atoms with Crippen molar-refractivity contribution in [2.24, 2.45) is 5.92 Å². The number of para-hydroxylation sites is 1. The lowest BCUT2D eigenvalue weighted by Gasteiger charge is -2.36. The van der Waals surface area contributed by atoms with Gasteiger partial charge in [-0.1, -0.05) is 18.2 Å². The number of rotatable bonds is 3. The highest BCUT2D eigenvalue weighted by Crippen LogP contribution is 2.27. The Labute approximate surface area is 163 Å². The topological polar surface area (TPSA) is 80.5 Å². The summed E-state index contributed by atoms with van der Waals surface area (Å²) in [7, 11) is 0. The van der Waals surface area contributed by atoms with Crippen molar-refractivity contribution < 1.29 is 9.59 Å². The van der Waals surface area contributed by atoms with Crippen LogP contribution in [-0.2, 0) is 9.59 Å². The Bertz CT molecular complexity index is 916. The van der Waals surface area contributed by atoms with Crippen molar-refractivity contribution in [3.63, 3.8) is 0 Å². The number of nitriles is 1. The van der Waals surface area contributed by atoms with Crippen LogP contribution < -0.4 is 9.80 Å². The van der Waals surface area contributed by atoms with Gasteiger partial charge in [0.05, 0.1) is 11.5 Å². The predicted molar refractivity (Wildman–Crippen MR) is 105 cm³/mol. The number of benzene rings is 1. The van der Waals surface area contributed by atoms with Crippen molar-refractivity contribution in [2.45, 2.75) is 6.42 Å². The van der Waals surface area contributed by atoms with Crippen LogP contribution in [0.1, 0.15) is 12.0 Å². The molecule has 1 atom stereocenters. The molecule has 7 nitrogen and oxygen atoms in total. The number of amides is 2. The standard InChI is InChI=1S/C21H21N5O2/c22-14-16-5-4-8-23-20(16)24-9-11-25(12-10-24)21(28)17-13-19(27)26(15-17)18-6-2-1-3-7-18/h1-8,17H,9-13,15H2. The minimum atomic E-state index is -0.302. The van der Waals surface area contributed by atoms with E-state index in [0.29, 0.717) is 44.1 Å². The Balaban J connectivity index is 1.38. The van der Waals surface area contributed by atoms with Gasteiger partial charge < -0.3 is 14.7 Å². The van der Waals surface area contributed by atoms with Gasteiger partial charge in [0.25, 0.3) is 0 Å². The van der Waals surface area contributed by atoms with E-state index < -0.39 is 0 Å². The van der Waals surface area contributed by atoms with Gasteiger partial charge in [0.2, 0.25) is 11.8 Å². The number of piperazine rings is 1. The molecule has 1 aromatic heterocycles. The Hall–Kier alpha value is -3.40. The van der Waals surface area contributed by atoms with Gasteiger partial charge in [0.1, 0.15) is 11.9 Å². The highest BCUT2D eigenvalue weighted by molar-refractivity contribution is 6.00. The minimum absolute atomic E-state index is 0.00432. The lowest BCUT2D eigenvalue weighted by molar-refractivity contribution is -0.136. The van der Waals surface area contributed by atoms with Gasteiger partial charge >= 0.3 is 0 Å². The monoisotopic (exact) mass is 375 g/mol. The minimum Gasteiger partial charge on any atom is -0.352 e. The molecular weight excluding hydrogens is 354 g/mol.